The number of thioether (sulfide) groups is 1. The summed E-state index contributed by atoms with van der Waals surface area (Å²) in [5.74, 6) is 0. The van der Waals surface area contributed by atoms with Crippen LogP contribution in [0.4, 0.5) is 0 Å². The van der Waals surface area contributed by atoms with E-state index in [4.69, 9.17) is 4.42 Å². The normalized spacial score (nSPS) is 29.0. The largest absolute Gasteiger partial charge is 0.440 e. The third-order valence-electron chi connectivity index (χ3n) is 2.33. The summed E-state index contributed by atoms with van der Waals surface area (Å²) in [5.41, 5.74) is 0. The van der Waals surface area contributed by atoms with Crippen LogP contribution in [0.15, 0.2) is 22.1 Å². The molecule has 1 fully saturated rings. The number of aliphatic hydroxyl groups is 1. The average Bonchev–Trinajstić information content (AvgIpc) is 2.61. The predicted octanol–water partition coefficient (Wildman–Crippen LogP) is 2.07. The Kier molecular flexibility index (Phi) is 2.90. The SMILES string of the molecule is O[C@@H]1CCCC[C@H]1Sc1ncco1. The molecule has 13 heavy (non-hydrogen) atoms. The average molecular weight is 199 g/mol. The number of aromatic nitrogens is 1. The van der Waals surface area contributed by atoms with Gasteiger partial charge in [0.15, 0.2) is 0 Å². The van der Waals surface area contributed by atoms with Crippen LogP contribution in [0.2, 0.25) is 0 Å². The van der Waals surface area contributed by atoms with E-state index in [0.29, 0.717) is 5.22 Å². The number of hydrogen-bond acceptors (Lipinski definition) is 4. The first-order valence-electron chi connectivity index (χ1n) is 4.60. The summed E-state index contributed by atoms with van der Waals surface area (Å²) >= 11 is 1.55. The highest BCUT2D eigenvalue weighted by Gasteiger charge is 2.25. The van der Waals surface area contributed by atoms with Crippen molar-refractivity contribution in [3.05, 3.63) is 12.5 Å². The Balaban J connectivity index is 1.93. The lowest BCUT2D eigenvalue weighted by molar-refractivity contribution is 0.136. The smallest absolute Gasteiger partial charge is 0.255 e. The van der Waals surface area contributed by atoms with E-state index in [1.807, 2.05) is 0 Å². The van der Waals surface area contributed by atoms with E-state index in [1.54, 1.807) is 24.2 Å². The molecule has 1 aromatic rings. The first-order chi connectivity index (χ1) is 6.36. The molecule has 0 aliphatic heterocycles. The molecule has 1 aromatic heterocycles. The van der Waals surface area contributed by atoms with E-state index in [0.717, 1.165) is 19.3 Å². The van der Waals surface area contributed by atoms with Crippen molar-refractivity contribution in [1.82, 2.24) is 4.98 Å². The Morgan fingerprint density at radius 2 is 2.31 bits per heavy atom. The van der Waals surface area contributed by atoms with Crippen LogP contribution in [0, 0.1) is 0 Å². The Hall–Kier alpha value is -0.480. The van der Waals surface area contributed by atoms with E-state index in [9.17, 15) is 5.11 Å². The molecule has 0 bridgehead atoms. The number of hydrogen-bond donors (Lipinski definition) is 1. The van der Waals surface area contributed by atoms with Crippen molar-refractivity contribution in [3.63, 3.8) is 0 Å². The first kappa shape index (κ1) is 9.09. The van der Waals surface area contributed by atoms with Crippen molar-refractivity contribution >= 4 is 11.8 Å². The van der Waals surface area contributed by atoms with Gasteiger partial charge in [0.2, 0.25) is 0 Å². The Labute approximate surface area is 81.5 Å². The summed E-state index contributed by atoms with van der Waals surface area (Å²) in [4.78, 5) is 4.03. The van der Waals surface area contributed by atoms with Crippen molar-refractivity contribution in [1.29, 1.82) is 0 Å². The minimum Gasteiger partial charge on any atom is -0.440 e. The second-order valence-corrected chi connectivity index (χ2v) is 4.50. The minimum atomic E-state index is -0.189. The lowest BCUT2D eigenvalue weighted by Gasteiger charge is -2.25. The van der Waals surface area contributed by atoms with Gasteiger partial charge in [0.05, 0.1) is 12.3 Å². The van der Waals surface area contributed by atoms with Crippen LogP contribution < -0.4 is 0 Å². The van der Waals surface area contributed by atoms with Gasteiger partial charge in [-0.05, 0) is 12.8 Å². The highest BCUT2D eigenvalue weighted by molar-refractivity contribution is 7.99. The Morgan fingerprint density at radius 3 is 3.00 bits per heavy atom. The molecule has 1 heterocycles. The molecule has 2 atom stereocenters. The van der Waals surface area contributed by atoms with Crippen molar-refractivity contribution < 1.29 is 9.52 Å². The van der Waals surface area contributed by atoms with Gasteiger partial charge < -0.3 is 9.52 Å². The summed E-state index contributed by atoms with van der Waals surface area (Å²) < 4.78 is 5.13. The zero-order valence-corrected chi connectivity index (χ0v) is 8.17. The van der Waals surface area contributed by atoms with Gasteiger partial charge in [-0.3, -0.25) is 0 Å². The summed E-state index contributed by atoms with van der Waals surface area (Å²) in [6.45, 7) is 0. The zero-order valence-electron chi connectivity index (χ0n) is 7.35. The fourth-order valence-corrected chi connectivity index (χ4v) is 2.68. The second-order valence-electron chi connectivity index (χ2n) is 3.31. The quantitative estimate of drug-likeness (QED) is 0.792. The molecule has 3 nitrogen and oxygen atoms in total. The van der Waals surface area contributed by atoms with Gasteiger partial charge in [-0.15, -0.1) is 0 Å². The van der Waals surface area contributed by atoms with Gasteiger partial charge in [0.1, 0.15) is 6.26 Å². The molecule has 0 spiro atoms. The molecule has 0 aromatic carbocycles. The third kappa shape index (κ3) is 2.25. The van der Waals surface area contributed by atoms with Crippen LogP contribution in [0.3, 0.4) is 0 Å². The van der Waals surface area contributed by atoms with E-state index >= 15 is 0 Å². The molecule has 1 N–H and O–H groups in total. The highest BCUT2D eigenvalue weighted by Crippen LogP contribution is 2.32. The van der Waals surface area contributed by atoms with Crippen molar-refractivity contribution in [2.24, 2.45) is 0 Å². The highest BCUT2D eigenvalue weighted by atomic mass is 32.2. The number of nitrogens with zero attached hydrogens (tertiary/aromatic N) is 1. The van der Waals surface area contributed by atoms with E-state index in [1.165, 1.54) is 6.42 Å². The molecule has 0 unspecified atom stereocenters. The fraction of sp³-hybridized carbons (Fsp3) is 0.667. The Morgan fingerprint density at radius 1 is 1.46 bits per heavy atom. The summed E-state index contributed by atoms with van der Waals surface area (Å²) in [6.07, 6.45) is 7.34. The second kappa shape index (κ2) is 4.15. The van der Waals surface area contributed by atoms with Crippen molar-refractivity contribution in [2.75, 3.05) is 0 Å². The van der Waals surface area contributed by atoms with Crippen LogP contribution in [-0.4, -0.2) is 21.4 Å². The van der Waals surface area contributed by atoms with Gasteiger partial charge in [-0.25, -0.2) is 4.98 Å². The lowest BCUT2D eigenvalue weighted by atomic mass is 9.97. The Bertz CT molecular complexity index is 250. The van der Waals surface area contributed by atoms with E-state index in [2.05, 4.69) is 4.98 Å². The molecule has 1 aliphatic rings. The molecule has 0 saturated heterocycles. The topological polar surface area (TPSA) is 46.3 Å². The number of rotatable bonds is 2. The number of oxazole rings is 1. The van der Waals surface area contributed by atoms with Crippen LogP contribution in [0.25, 0.3) is 0 Å². The van der Waals surface area contributed by atoms with Gasteiger partial charge >= 0.3 is 0 Å². The molecule has 1 saturated carbocycles. The standard InChI is InChI=1S/C9H13NO2S/c11-7-3-1-2-4-8(7)13-9-10-5-6-12-9/h5-8,11H,1-4H2/t7-,8-/m1/s1. The van der Waals surface area contributed by atoms with Crippen LogP contribution >= 0.6 is 11.8 Å². The van der Waals surface area contributed by atoms with Gasteiger partial charge in [0, 0.05) is 5.25 Å². The molecule has 2 rings (SSSR count). The molecule has 1 aliphatic carbocycles. The molecule has 4 heteroatoms. The summed E-state index contributed by atoms with van der Waals surface area (Å²) in [5, 5.41) is 10.6. The van der Waals surface area contributed by atoms with Crippen molar-refractivity contribution in [2.45, 2.75) is 42.3 Å². The monoisotopic (exact) mass is 199 g/mol. The maximum Gasteiger partial charge on any atom is 0.255 e. The fourth-order valence-electron chi connectivity index (χ4n) is 1.61. The van der Waals surface area contributed by atoms with Crippen molar-refractivity contribution in [3.8, 4) is 0 Å². The molecule has 0 amide bonds. The van der Waals surface area contributed by atoms with Crippen LogP contribution in [-0.2, 0) is 0 Å². The van der Waals surface area contributed by atoms with Crippen LogP contribution in [0.5, 0.6) is 0 Å². The van der Waals surface area contributed by atoms with Crippen LogP contribution in [0.1, 0.15) is 25.7 Å². The van der Waals surface area contributed by atoms with E-state index in [-0.39, 0.29) is 11.4 Å². The molecule has 0 radical (unpaired) electrons. The van der Waals surface area contributed by atoms with E-state index < -0.39 is 0 Å². The maximum atomic E-state index is 9.68. The first-order valence-corrected chi connectivity index (χ1v) is 5.48. The number of aliphatic hydroxyl groups excluding tert-OH is 1. The third-order valence-corrected chi connectivity index (χ3v) is 3.59. The molecular weight excluding hydrogens is 186 g/mol. The lowest BCUT2D eigenvalue weighted by Crippen LogP contribution is -2.26. The van der Waals surface area contributed by atoms with Gasteiger partial charge in [-0.2, -0.15) is 0 Å². The summed E-state index contributed by atoms with van der Waals surface area (Å²) in [6, 6.07) is 0. The van der Waals surface area contributed by atoms with Gasteiger partial charge in [0.25, 0.3) is 5.22 Å². The summed E-state index contributed by atoms with van der Waals surface area (Å²) in [7, 11) is 0. The minimum absolute atomic E-state index is 0.189. The predicted molar refractivity (Wildman–Crippen MR) is 50.6 cm³/mol. The zero-order chi connectivity index (χ0) is 9.10. The molecule has 72 valence electrons. The maximum absolute atomic E-state index is 9.68. The van der Waals surface area contributed by atoms with Gasteiger partial charge in [-0.1, -0.05) is 24.6 Å². The molecular formula is C9H13NO2S.